The Morgan fingerprint density at radius 3 is 2.60 bits per heavy atom. The highest BCUT2D eigenvalue weighted by Crippen LogP contribution is 2.31. The van der Waals surface area contributed by atoms with Crippen LogP contribution >= 0.6 is 0 Å². The van der Waals surface area contributed by atoms with E-state index in [0.29, 0.717) is 5.92 Å². The molecule has 0 aromatic heterocycles. The first-order chi connectivity index (χ1) is 9.47. The van der Waals surface area contributed by atoms with Crippen LogP contribution < -0.4 is 10.1 Å². The predicted molar refractivity (Wildman–Crippen MR) is 88.4 cm³/mol. The molecule has 0 saturated heterocycles. The van der Waals surface area contributed by atoms with E-state index in [4.69, 9.17) is 4.74 Å². The molecule has 0 heterocycles. The monoisotopic (exact) mass is 275 g/mol. The molecule has 0 fully saturated rings. The lowest BCUT2D eigenvalue weighted by Gasteiger charge is -2.14. The van der Waals surface area contributed by atoms with Crippen LogP contribution in [0.4, 0.5) is 0 Å². The molecule has 1 N–H and O–H groups in total. The summed E-state index contributed by atoms with van der Waals surface area (Å²) in [6.07, 6.45) is 3.34. The van der Waals surface area contributed by atoms with E-state index >= 15 is 0 Å². The molecule has 2 nitrogen and oxygen atoms in total. The zero-order valence-corrected chi connectivity index (χ0v) is 13.8. The third kappa shape index (κ3) is 4.68. The second-order valence-corrected chi connectivity index (χ2v) is 5.86. The van der Waals surface area contributed by atoms with Gasteiger partial charge in [-0.2, -0.15) is 0 Å². The largest absolute Gasteiger partial charge is 0.496 e. The van der Waals surface area contributed by atoms with E-state index in [-0.39, 0.29) is 0 Å². The summed E-state index contributed by atoms with van der Waals surface area (Å²) in [6, 6.07) is 4.33. The van der Waals surface area contributed by atoms with Gasteiger partial charge in [0.15, 0.2) is 0 Å². The van der Waals surface area contributed by atoms with E-state index < -0.39 is 0 Å². The maximum Gasteiger partial charge on any atom is 0.129 e. The van der Waals surface area contributed by atoms with Gasteiger partial charge in [-0.05, 0) is 62.9 Å². The first kappa shape index (κ1) is 16.8. The number of allylic oxidation sites excluding steroid dienone is 1. The summed E-state index contributed by atoms with van der Waals surface area (Å²) in [4.78, 5) is 0. The van der Waals surface area contributed by atoms with E-state index in [0.717, 1.165) is 25.3 Å². The Labute approximate surface area is 124 Å². The summed E-state index contributed by atoms with van der Waals surface area (Å²) in [6.45, 7) is 13.0. The van der Waals surface area contributed by atoms with E-state index in [1.807, 2.05) is 0 Å². The highest BCUT2D eigenvalue weighted by atomic mass is 16.5. The SMILES string of the molecule is COc1c(/C(C)=C/CCNCC(C)C)ccc(C)c1C. The lowest BCUT2D eigenvalue weighted by Crippen LogP contribution is -2.20. The van der Waals surface area contributed by atoms with Gasteiger partial charge < -0.3 is 10.1 Å². The fourth-order valence-electron chi connectivity index (χ4n) is 2.26. The van der Waals surface area contributed by atoms with Gasteiger partial charge >= 0.3 is 0 Å². The summed E-state index contributed by atoms with van der Waals surface area (Å²) in [5.74, 6) is 1.72. The summed E-state index contributed by atoms with van der Waals surface area (Å²) < 4.78 is 5.58. The van der Waals surface area contributed by atoms with Crippen LogP contribution in [0, 0.1) is 19.8 Å². The second-order valence-electron chi connectivity index (χ2n) is 5.86. The summed E-state index contributed by atoms with van der Waals surface area (Å²) in [5, 5.41) is 3.46. The number of nitrogens with one attached hydrogen (secondary N) is 1. The molecule has 0 saturated carbocycles. The Morgan fingerprint density at radius 1 is 1.30 bits per heavy atom. The molecular formula is C18H29NO. The minimum Gasteiger partial charge on any atom is -0.496 e. The average molecular weight is 275 g/mol. The van der Waals surface area contributed by atoms with Gasteiger partial charge in [-0.3, -0.25) is 0 Å². The zero-order chi connectivity index (χ0) is 15.1. The molecule has 0 aliphatic heterocycles. The predicted octanol–water partition coefficient (Wildman–Crippen LogP) is 4.35. The Bertz CT molecular complexity index is 461. The number of ether oxygens (including phenoxy) is 1. The highest BCUT2D eigenvalue weighted by Gasteiger charge is 2.09. The number of aryl methyl sites for hydroxylation is 1. The molecule has 0 aliphatic rings. The average Bonchev–Trinajstić information content (AvgIpc) is 2.40. The van der Waals surface area contributed by atoms with Gasteiger partial charge in [0.2, 0.25) is 0 Å². The summed E-state index contributed by atoms with van der Waals surface area (Å²) in [7, 11) is 1.75. The number of methoxy groups -OCH3 is 1. The van der Waals surface area contributed by atoms with Crippen LogP contribution in [0.3, 0.4) is 0 Å². The molecule has 0 radical (unpaired) electrons. The molecule has 2 heteroatoms. The third-order valence-electron chi connectivity index (χ3n) is 3.63. The number of benzene rings is 1. The lowest BCUT2D eigenvalue weighted by atomic mass is 9.99. The van der Waals surface area contributed by atoms with Gasteiger partial charge in [-0.15, -0.1) is 0 Å². The van der Waals surface area contributed by atoms with Crippen molar-refractivity contribution in [2.45, 2.75) is 41.0 Å². The lowest BCUT2D eigenvalue weighted by molar-refractivity contribution is 0.410. The van der Waals surface area contributed by atoms with Crippen molar-refractivity contribution in [1.29, 1.82) is 0 Å². The van der Waals surface area contributed by atoms with Crippen LogP contribution in [0.25, 0.3) is 5.57 Å². The smallest absolute Gasteiger partial charge is 0.129 e. The van der Waals surface area contributed by atoms with E-state index in [1.165, 1.54) is 22.3 Å². The fourth-order valence-corrected chi connectivity index (χ4v) is 2.26. The topological polar surface area (TPSA) is 21.3 Å². The maximum atomic E-state index is 5.58. The van der Waals surface area contributed by atoms with Crippen LogP contribution in [-0.4, -0.2) is 20.2 Å². The van der Waals surface area contributed by atoms with Crippen LogP contribution in [0.2, 0.25) is 0 Å². The van der Waals surface area contributed by atoms with Crippen molar-refractivity contribution in [1.82, 2.24) is 5.32 Å². The molecule has 0 atom stereocenters. The van der Waals surface area contributed by atoms with Crippen molar-refractivity contribution in [3.63, 3.8) is 0 Å². The number of rotatable bonds is 7. The molecule has 0 unspecified atom stereocenters. The van der Waals surface area contributed by atoms with Crippen molar-refractivity contribution in [2.75, 3.05) is 20.2 Å². The third-order valence-corrected chi connectivity index (χ3v) is 3.63. The molecule has 0 spiro atoms. The van der Waals surface area contributed by atoms with Crippen molar-refractivity contribution >= 4 is 5.57 Å². The van der Waals surface area contributed by atoms with Crippen LogP contribution in [-0.2, 0) is 0 Å². The maximum absolute atomic E-state index is 5.58. The van der Waals surface area contributed by atoms with Gasteiger partial charge in [0, 0.05) is 5.56 Å². The number of hydrogen-bond donors (Lipinski definition) is 1. The molecule has 1 rings (SSSR count). The van der Waals surface area contributed by atoms with E-state index in [2.05, 4.69) is 58.1 Å². The van der Waals surface area contributed by atoms with Crippen molar-refractivity contribution in [3.05, 3.63) is 34.9 Å². The molecule has 1 aromatic carbocycles. The zero-order valence-electron chi connectivity index (χ0n) is 13.8. The minimum atomic E-state index is 0.708. The van der Waals surface area contributed by atoms with Crippen molar-refractivity contribution in [3.8, 4) is 5.75 Å². The van der Waals surface area contributed by atoms with Crippen LogP contribution in [0.15, 0.2) is 18.2 Å². The van der Waals surface area contributed by atoms with Crippen LogP contribution in [0.5, 0.6) is 5.75 Å². The Balaban J connectivity index is 2.72. The molecule has 0 amide bonds. The normalized spacial score (nSPS) is 12.1. The Kier molecular flexibility index (Phi) is 6.80. The molecule has 1 aromatic rings. The van der Waals surface area contributed by atoms with Gasteiger partial charge in [-0.1, -0.05) is 32.1 Å². The Morgan fingerprint density at radius 2 is 2.00 bits per heavy atom. The minimum absolute atomic E-state index is 0.708. The molecular weight excluding hydrogens is 246 g/mol. The van der Waals surface area contributed by atoms with Gasteiger partial charge in [0.25, 0.3) is 0 Å². The summed E-state index contributed by atoms with van der Waals surface area (Å²) >= 11 is 0. The van der Waals surface area contributed by atoms with Crippen LogP contribution in [0.1, 0.15) is 43.9 Å². The van der Waals surface area contributed by atoms with Gasteiger partial charge in [0.1, 0.15) is 5.75 Å². The van der Waals surface area contributed by atoms with E-state index in [9.17, 15) is 0 Å². The van der Waals surface area contributed by atoms with Gasteiger partial charge in [-0.25, -0.2) is 0 Å². The fraction of sp³-hybridized carbons (Fsp3) is 0.556. The molecule has 112 valence electrons. The summed E-state index contributed by atoms with van der Waals surface area (Å²) in [5.41, 5.74) is 5.00. The van der Waals surface area contributed by atoms with Gasteiger partial charge in [0.05, 0.1) is 7.11 Å². The quantitative estimate of drug-likeness (QED) is 0.747. The molecule has 20 heavy (non-hydrogen) atoms. The van der Waals surface area contributed by atoms with E-state index in [1.54, 1.807) is 7.11 Å². The van der Waals surface area contributed by atoms with Crippen molar-refractivity contribution in [2.24, 2.45) is 5.92 Å². The first-order valence-corrected chi connectivity index (χ1v) is 7.49. The van der Waals surface area contributed by atoms with Crippen molar-refractivity contribution < 1.29 is 4.74 Å². The first-order valence-electron chi connectivity index (χ1n) is 7.49. The highest BCUT2D eigenvalue weighted by molar-refractivity contribution is 5.71. The molecule has 0 bridgehead atoms. The Hall–Kier alpha value is -1.28. The molecule has 0 aliphatic carbocycles. The second kappa shape index (κ2) is 8.11. The number of hydrogen-bond acceptors (Lipinski definition) is 2. The standard InChI is InChI=1S/C18H29NO/c1-13(2)12-19-11-7-8-15(4)17-10-9-14(3)16(5)18(17)20-6/h8-10,13,19H,7,11-12H2,1-6H3/b15-8+.